The number of aryl methyl sites for hydroxylation is 2. The summed E-state index contributed by atoms with van der Waals surface area (Å²) in [5, 5.41) is 8.82. The summed E-state index contributed by atoms with van der Waals surface area (Å²) < 4.78 is 7.77. The van der Waals surface area contributed by atoms with E-state index in [1.165, 1.54) is 12.8 Å². The Kier molecular flexibility index (Phi) is 3.67. The second kappa shape index (κ2) is 5.83. The number of fused-ring (bicyclic) bond motifs is 1. The first kappa shape index (κ1) is 14.5. The molecule has 2 aliphatic rings. The molecule has 2 aromatic rings. The number of aromatic nitrogens is 3. The molecule has 1 atom stereocenters. The van der Waals surface area contributed by atoms with Crippen LogP contribution in [-0.4, -0.2) is 32.1 Å². The lowest BCUT2D eigenvalue weighted by atomic mass is 10.2. The third kappa shape index (κ3) is 2.56. The molecular weight excluding hydrogens is 292 g/mol. The van der Waals surface area contributed by atoms with Crippen molar-refractivity contribution in [2.45, 2.75) is 58.0 Å². The van der Waals surface area contributed by atoms with Crippen LogP contribution in [0.25, 0.3) is 0 Å². The number of amides is 1. The van der Waals surface area contributed by atoms with E-state index in [9.17, 15) is 4.79 Å². The number of furan rings is 1. The molecule has 6 heteroatoms. The molecule has 0 aromatic carbocycles. The highest BCUT2D eigenvalue weighted by Gasteiger charge is 2.35. The summed E-state index contributed by atoms with van der Waals surface area (Å²) in [6.45, 7) is 3.58. The summed E-state index contributed by atoms with van der Waals surface area (Å²) in [6, 6.07) is 3.62. The van der Waals surface area contributed by atoms with Crippen molar-refractivity contribution in [1.29, 1.82) is 0 Å². The van der Waals surface area contributed by atoms with Crippen molar-refractivity contribution in [3.8, 4) is 0 Å². The molecule has 122 valence electrons. The maximum Gasteiger partial charge on any atom is 0.290 e. The van der Waals surface area contributed by atoms with E-state index in [2.05, 4.69) is 14.8 Å². The Labute approximate surface area is 135 Å². The summed E-state index contributed by atoms with van der Waals surface area (Å²) in [5.74, 6) is 3.18. The van der Waals surface area contributed by atoms with Gasteiger partial charge < -0.3 is 13.9 Å². The van der Waals surface area contributed by atoms with Crippen molar-refractivity contribution in [2.75, 3.05) is 6.54 Å². The van der Waals surface area contributed by atoms with Gasteiger partial charge in [0.25, 0.3) is 5.91 Å². The van der Waals surface area contributed by atoms with Gasteiger partial charge in [0.1, 0.15) is 11.6 Å². The first-order chi connectivity index (χ1) is 11.2. The van der Waals surface area contributed by atoms with Gasteiger partial charge in [0.2, 0.25) is 0 Å². The Bertz CT molecular complexity index is 718. The van der Waals surface area contributed by atoms with Gasteiger partial charge in [-0.25, -0.2) is 0 Å². The molecule has 6 nitrogen and oxygen atoms in total. The predicted molar refractivity (Wildman–Crippen MR) is 84.0 cm³/mol. The fourth-order valence-electron chi connectivity index (χ4n) is 3.72. The van der Waals surface area contributed by atoms with Crippen LogP contribution in [0.1, 0.15) is 66.1 Å². The molecule has 23 heavy (non-hydrogen) atoms. The van der Waals surface area contributed by atoms with Gasteiger partial charge in [0.05, 0.1) is 6.04 Å². The standard InChI is InChI=1S/C17H22N4O2/c1-12-8-9-14(23-12)17(22)20-11-5-6-13(20)16-19-18-15-7-3-2-4-10-21(15)16/h8-9,13H,2-7,10-11H2,1H3/t13-/m1/s1. The van der Waals surface area contributed by atoms with Gasteiger partial charge in [-0.3, -0.25) is 4.79 Å². The topological polar surface area (TPSA) is 64.2 Å². The molecule has 0 unspecified atom stereocenters. The van der Waals surface area contributed by atoms with E-state index in [0.29, 0.717) is 5.76 Å². The maximum absolute atomic E-state index is 12.8. The van der Waals surface area contributed by atoms with E-state index in [1.54, 1.807) is 6.07 Å². The molecule has 2 aliphatic heterocycles. The van der Waals surface area contributed by atoms with E-state index in [1.807, 2.05) is 17.9 Å². The van der Waals surface area contributed by atoms with Gasteiger partial charge in [0, 0.05) is 19.5 Å². The van der Waals surface area contributed by atoms with Crippen LogP contribution in [0.2, 0.25) is 0 Å². The molecule has 0 radical (unpaired) electrons. The minimum atomic E-state index is -0.0356. The molecule has 0 spiro atoms. The summed E-state index contributed by atoms with van der Waals surface area (Å²) >= 11 is 0. The smallest absolute Gasteiger partial charge is 0.290 e. The van der Waals surface area contributed by atoms with Crippen LogP contribution >= 0.6 is 0 Å². The number of rotatable bonds is 2. The highest BCUT2D eigenvalue weighted by molar-refractivity contribution is 5.92. The first-order valence-electron chi connectivity index (χ1n) is 8.53. The zero-order valence-corrected chi connectivity index (χ0v) is 13.5. The van der Waals surface area contributed by atoms with E-state index in [0.717, 1.165) is 56.2 Å². The SMILES string of the molecule is Cc1ccc(C(=O)N2CCC[C@@H]2c2nnc3n2CCCCC3)o1. The second-order valence-corrected chi connectivity index (χ2v) is 6.50. The van der Waals surface area contributed by atoms with Crippen LogP contribution in [-0.2, 0) is 13.0 Å². The molecule has 1 fully saturated rings. The molecule has 1 amide bonds. The third-order valence-electron chi connectivity index (χ3n) is 4.90. The minimum Gasteiger partial charge on any atom is -0.456 e. The van der Waals surface area contributed by atoms with Crippen LogP contribution < -0.4 is 0 Å². The van der Waals surface area contributed by atoms with Gasteiger partial charge in [0.15, 0.2) is 11.6 Å². The summed E-state index contributed by atoms with van der Waals surface area (Å²) in [6.07, 6.45) is 6.52. The number of likely N-dealkylation sites (tertiary alicyclic amines) is 1. The van der Waals surface area contributed by atoms with Crippen molar-refractivity contribution in [3.05, 3.63) is 35.3 Å². The predicted octanol–water partition coefficient (Wildman–Crippen LogP) is 2.88. The summed E-state index contributed by atoms with van der Waals surface area (Å²) in [7, 11) is 0. The number of carbonyl (C=O) groups is 1. The summed E-state index contributed by atoms with van der Waals surface area (Å²) in [5.41, 5.74) is 0. The fraction of sp³-hybridized carbons (Fsp3) is 0.588. The van der Waals surface area contributed by atoms with Gasteiger partial charge >= 0.3 is 0 Å². The summed E-state index contributed by atoms with van der Waals surface area (Å²) in [4.78, 5) is 14.7. The Morgan fingerprint density at radius 2 is 2.09 bits per heavy atom. The molecule has 0 N–H and O–H groups in total. The van der Waals surface area contributed by atoms with Crippen LogP contribution in [0.5, 0.6) is 0 Å². The van der Waals surface area contributed by atoms with Crippen molar-refractivity contribution in [1.82, 2.24) is 19.7 Å². The number of hydrogen-bond acceptors (Lipinski definition) is 4. The van der Waals surface area contributed by atoms with Gasteiger partial charge in [-0.15, -0.1) is 10.2 Å². The monoisotopic (exact) mass is 314 g/mol. The van der Waals surface area contributed by atoms with E-state index in [4.69, 9.17) is 4.42 Å². The van der Waals surface area contributed by atoms with E-state index in [-0.39, 0.29) is 11.9 Å². The van der Waals surface area contributed by atoms with Crippen LogP contribution in [0, 0.1) is 6.92 Å². The average Bonchev–Trinajstić information content (AvgIpc) is 3.23. The van der Waals surface area contributed by atoms with E-state index < -0.39 is 0 Å². The maximum atomic E-state index is 12.8. The lowest BCUT2D eigenvalue weighted by molar-refractivity contribution is 0.0693. The Balaban J connectivity index is 1.63. The van der Waals surface area contributed by atoms with Crippen molar-refractivity contribution in [2.24, 2.45) is 0 Å². The number of hydrogen-bond donors (Lipinski definition) is 0. The second-order valence-electron chi connectivity index (χ2n) is 6.50. The highest BCUT2D eigenvalue weighted by atomic mass is 16.3. The van der Waals surface area contributed by atoms with Crippen molar-refractivity contribution >= 4 is 5.91 Å². The minimum absolute atomic E-state index is 0.0206. The van der Waals surface area contributed by atoms with Gasteiger partial charge in [-0.05, 0) is 44.7 Å². The highest BCUT2D eigenvalue weighted by Crippen LogP contribution is 2.33. The van der Waals surface area contributed by atoms with E-state index >= 15 is 0 Å². The van der Waals surface area contributed by atoms with Crippen molar-refractivity contribution in [3.63, 3.8) is 0 Å². The Morgan fingerprint density at radius 3 is 2.91 bits per heavy atom. The van der Waals surface area contributed by atoms with Crippen LogP contribution in [0.4, 0.5) is 0 Å². The fourth-order valence-corrected chi connectivity index (χ4v) is 3.72. The molecule has 0 bridgehead atoms. The number of nitrogens with zero attached hydrogens (tertiary/aromatic N) is 4. The van der Waals surface area contributed by atoms with Gasteiger partial charge in [-0.1, -0.05) is 6.42 Å². The lowest BCUT2D eigenvalue weighted by Gasteiger charge is -2.23. The molecule has 0 saturated carbocycles. The normalized spacial score (nSPS) is 21.3. The molecule has 2 aromatic heterocycles. The van der Waals surface area contributed by atoms with Crippen LogP contribution in [0.3, 0.4) is 0 Å². The largest absolute Gasteiger partial charge is 0.456 e. The first-order valence-corrected chi connectivity index (χ1v) is 8.53. The Hall–Kier alpha value is -2.11. The molecule has 1 saturated heterocycles. The zero-order chi connectivity index (χ0) is 15.8. The lowest BCUT2D eigenvalue weighted by Crippen LogP contribution is -2.32. The zero-order valence-electron chi connectivity index (χ0n) is 13.5. The molecule has 0 aliphatic carbocycles. The molecular formula is C17H22N4O2. The molecule has 4 rings (SSSR count). The average molecular weight is 314 g/mol. The van der Waals surface area contributed by atoms with Crippen molar-refractivity contribution < 1.29 is 9.21 Å². The third-order valence-corrected chi connectivity index (χ3v) is 4.90. The molecule has 4 heterocycles. The number of carbonyl (C=O) groups excluding carboxylic acids is 1. The van der Waals surface area contributed by atoms with Crippen LogP contribution in [0.15, 0.2) is 16.5 Å². The van der Waals surface area contributed by atoms with Gasteiger partial charge in [-0.2, -0.15) is 0 Å². The Morgan fingerprint density at radius 1 is 1.17 bits per heavy atom. The quantitative estimate of drug-likeness (QED) is 0.855.